The van der Waals surface area contributed by atoms with Gasteiger partial charge in [-0.2, -0.15) is 0 Å². The second kappa shape index (κ2) is 4.41. The summed E-state index contributed by atoms with van der Waals surface area (Å²) in [4.78, 5) is 23.1. The highest BCUT2D eigenvalue weighted by atomic mass is 16.2. The topological polar surface area (TPSA) is 58.2 Å². The first-order valence-electron chi connectivity index (χ1n) is 5.46. The maximum absolute atomic E-state index is 11.6. The van der Waals surface area contributed by atoms with Crippen LogP contribution in [0.15, 0.2) is 30.0 Å². The molecule has 0 radical (unpaired) electrons. The summed E-state index contributed by atoms with van der Waals surface area (Å²) in [5, 5.41) is 5.18. The van der Waals surface area contributed by atoms with E-state index in [9.17, 15) is 9.59 Å². The molecule has 1 saturated heterocycles. The lowest BCUT2D eigenvalue weighted by molar-refractivity contribution is -0.130. The number of hydrogen-bond acceptors (Lipinski definition) is 2. The lowest BCUT2D eigenvalue weighted by Gasteiger charge is -2.21. The van der Waals surface area contributed by atoms with E-state index in [0.717, 1.165) is 11.1 Å². The standard InChI is InChI=1S/C13H14N2O2/c1-8-3-5-10(6-4-8)7-11-13(17)14-9(2)12(16)15-11/h3-7,9H,1-2H3,(H,14,17)(H,15,16)/t9-/m0/s1. The van der Waals surface area contributed by atoms with E-state index in [1.54, 1.807) is 13.0 Å². The number of aryl methyl sites for hydroxylation is 1. The summed E-state index contributed by atoms with van der Waals surface area (Å²) < 4.78 is 0. The van der Waals surface area contributed by atoms with Gasteiger partial charge in [0, 0.05) is 0 Å². The lowest BCUT2D eigenvalue weighted by atomic mass is 10.1. The molecule has 1 aliphatic heterocycles. The van der Waals surface area contributed by atoms with E-state index in [1.807, 2.05) is 31.2 Å². The summed E-state index contributed by atoms with van der Waals surface area (Å²) in [6.07, 6.45) is 1.67. The van der Waals surface area contributed by atoms with Crippen molar-refractivity contribution in [1.29, 1.82) is 0 Å². The Hall–Kier alpha value is -2.10. The van der Waals surface area contributed by atoms with E-state index in [1.165, 1.54) is 0 Å². The van der Waals surface area contributed by atoms with Crippen molar-refractivity contribution in [3.8, 4) is 0 Å². The minimum absolute atomic E-state index is 0.192. The summed E-state index contributed by atoms with van der Waals surface area (Å²) >= 11 is 0. The Labute approximate surface area is 99.7 Å². The maximum atomic E-state index is 11.6. The molecule has 0 aromatic heterocycles. The molecule has 0 unspecified atom stereocenters. The zero-order valence-corrected chi connectivity index (χ0v) is 9.78. The van der Waals surface area contributed by atoms with Crippen molar-refractivity contribution in [1.82, 2.24) is 10.6 Å². The smallest absolute Gasteiger partial charge is 0.268 e. The van der Waals surface area contributed by atoms with Gasteiger partial charge in [0.2, 0.25) is 5.91 Å². The molecule has 1 fully saturated rings. The molecule has 88 valence electrons. The van der Waals surface area contributed by atoms with Gasteiger partial charge in [0.05, 0.1) is 0 Å². The molecule has 1 heterocycles. The van der Waals surface area contributed by atoms with Crippen LogP contribution in [0.3, 0.4) is 0 Å². The third-order valence-corrected chi connectivity index (χ3v) is 2.63. The first-order valence-corrected chi connectivity index (χ1v) is 5.46. The van der Waals surface area contributed by atoms with Gasteiger partial charge in [0.25, 0.3) is 5.91 Å². The summed E-state index contributed by atoms with van der Waals surface area (Å²) in [5.74, 6) is -0.444. The van der Waals surface area contributed by atoms with E-state index >= 15 is 0 Å². The minimum atomic E-state index is -0.474. The number of nitrogens with one attached hydrogen (secondary N) is 2. The summed E-state index contributed by atoms with van der Waals surface area (Å²) in [5.41, 5.74) is 2.32. The number of rotatable bonds is 1. The van der Waals surface area contributed by atoms with Crippen LogP contribution in [0.4, 0.5) is 0 Å². The highest BCUT2D eigenvalue weighted by Crippen LogP contribution is 2.09. The van der Waals surface area contributed by atoms with Crippen molar-refractivity contribution in [2.24, 2.45) is 0 Å². The Bertz CT molecular complexity index is 489. The largest absolute Gasteiger partial charge is 0.339 e. The third kappa shape index (κ3) is 2.53. The van der Waals surface area contributed by atoms with Gasteiger partial charge in [-0.25, -0.2) is 0 Å². The molecule has 1 aromatic rings. The quantitative estimate of drug-likeness (QED) is 0.706. The minimum Gasteiger partial charge on any atom is -0.339 e. The Kier molecular flexibility index (Phi) is 2.95. The molecule has 17 heavy (non-hydrogen) atoms. The SMILES string of the molecule is Cc1ccc(C=C2NC(=O)[C@H](C)NC2=O)cc1. The molecule has 0 saturated carbocycles. The monoisotopic (exact) mass is 230 g/mol. The highest BCUT2D eigenvalue weighted by Gasteiger charge is 2.25. The van der Waals surface area contributed by atoms with Crippen molar-refractivity contribution >= 4 is 17.9 Å². The highest BCUT2D eigenvalue weighted by molar-refractivity contribution is 6.07. The second-order valence-electron chi connectivity index (χ2n) is 4.15. The normalized spacial score (nSPS) is 22.2. The third-order valence-electron chi connectivity index (χ3n) is 2.63. The summed E-state index contributed by atoms with van der Waals surface area (Å²) in [7, 11) is 0. The van der Waals surface area contributed by atoms with Crippen LogP contribution in [0.25, 0.3) is 6.08 Å². The summed E-state index contributed by atoms with van der Waals surface area (Å²) in [6.45, 7) is 3.64. The van der Waals surface area contributed by atoms with Crippen LogP contribution in [0, 0.1) is 6.92 Å². The Balaban J connectivity index is 2.24. The van der Waals surface area contributed by atoms with Crippen molar-refractivity contribution in [3.05, 3.63) is 41.1 Å². The lowest BCUT2D eigenvalue weighted by Crippen LogP contribution is -2.53. The zero-order chi connectivity index (χ0) is 12.4. The molecule has 4 heteroatoms. The van der Waals surface area contributed by atoms with Gasteiger partial charge in [-0.05, 0) is 25.5 Å². The fourth-order valence-electron chi connectivity index (χ4n) is 1.57. The van der Waals surface area contributed by atoms with Crippen LogP contribution in [0.1, 0.15) is 18.1 Å². The molecule has 0 spiro atoms. The van der Waals surface area contributed by atoms with E-state index in [2.05, 4.69) is 10.6 Å². The van der Waals surface area contributed by atoms with Crippen LogP contribution < -0.4 is 10.6 Å². The van der Waals surface area contributed by atoms with E-state index in [-0.39, 0.29) is 17.5 Å². The van der Waals surface area contributed by atoms with Crippen molar-refractivity contribution in [2.75, 3.05) is 0 Å². The molecule has 1 aromatic carbocycles. The number of benzene rings is 1. The first-order chi connectivity index (χ1) is 8.06. The van der Waals surface area contributed by atoms with Gasteiger partial charge in [-0.1, -0.05) is 29.8 Å². The Morgan fingerprint density at radius 2 is 1.82 bits per heavy atom. The molecule has 2 rings (SSSR count). The van der Waals surface area contributed by atoms with Crippen LogP contribution >= 0.6 is 0 Å². The van der Waals surface area contributed by atoms with Gasteiger partial charge in [-0.3, -0.25) is 9.59 Å². The molecule has 2 N–H and O–H groups in total. The van der Waals surface area contributed by atoms with Crippen LogP contribution in [0.2, 0.25) is 0 Å². The van der Waals surface area contributed by atoms with Crippen LogP contribution in [-0.4, -0.2) is 17.9 Å². The molecule has 1 aliphatic rings. The molecular formula is C13H14N2O2. The molecule has 4 nitrogen and oxygen atoms in total. The van der Waals surface area contributed by atoms with Gasteiger partial charge < -0.3 is 10.6 Å². The number of carbonyl (C=O) groups excluding carboxylic acids is 2. The van der Waals surface area contributed by atoms with Crippen molar-refractivity contribution in [3.63, 3.8) is 0 Å². The molecule has 2 amide bonds. The zero-order valence-electron chi connectivity index (χ0n) is 9.78. The van der Waals surface area contributed by atoms with Crippen molar-refractivity contribution in [2.45, 2.75) is 19.9 Å². The van der Waals surface area contributed by atoms with E-state index in [4.69, 9.17) is 0 Å². The second-order valence-corrected chi connectivity index (χ2v) is 4.15. The average Bonchev–Trinajstić information content (AvgIpc) is 2.29. The maximum Gasteiger partial charge on any atom is 0.268 e. The average molecular weight is 230 g/mol. The molecule has 0 bridgehead atoms. The predicted octanol–water partition coefficient (Wildman–Crippen LogP) is 0.970. The summed E-state index contributed by atoms with van der Waals surface area (Å²) in [6, 6.07) is 7.24. The van der Waals surface area contributed by atoms with Crippen LogP contribution in [-0.2, 0) is 9.59 Å². The fourth-order valence-corrected chi connectivity index (χ4v) is 1.57. The van der Waals surface area contributed by atoms with Gasteiger partial charge in [0.1, 0.15) is 11.7 Å². The number of piperazine rings is 1. The van der Waals surface area contributed by atoms with E-state index < -0.39 is 6.04 Å². The predicted molar refractivity (Wildman–Crippen MR) is 64.9 cm³/mol. The van der Waals surface area contributed by atoms with Gasteiger partial charge >= 0.3 is 0 Å². The first kappa shape index (κ1) is 11.4. The van der Waals surface area contributed by atoms with E-state index in [0.29, 0.717) is 0 Å². The van der Waals surface area contributed by atoms with Crippen LogP contribution in [0.5, 0.6) is 0 Å². The van der Waals surface area contributed by atoms with Gasteiger partial charge in [0.15, 0.2) is 0 Å². The van der Waals surface area contributed by atoms with Gasteiger partial charge in [-0.15, -0.1) is 0 Å². The molecule has 1 atom stereocenters. The number of hydrogen-bond donors (Lipinski definition) is 2. The molecular weight excluding hydrogens is 216 g/mol. The number of amides is 2. The number of carbonyl (C=O) groups is 2. The Morgan fingerprint density at radius 3 is 2.47 bits per heavy atom. The molecule has 0 aliphatic carbocycles. The van der Waals surface area contributed by atoms with Crippen molar-refractivity contribution < 1.29 is 9.59 Å². The Morgan fingerprint density at radius 1 is 1.18 bits per heavy atom. The fraction of sp³-hybridized carbons (Fsp3) is 0.231.